The smallest absolute Gasteiger partial charge is 0.127 e. The molecule has 2 aromatic rings. The van der Waals surface area contributed by atoms with Crippen molar-refractivity contribution in [1.29, 1.82) is 0 Å². The molecule has 1 aromatic heterocycles. The van der Waals surface area contributed by atoms with E-state index in [-0.39, 0.29) is 6.04 Å². The summed E-state index contributed by atoms with van der Waals surface area (Å²) < 4.78 is 11.1. The van der Waals surface area contributed by atoms with Gasteiger partial charge in [0.25, 0.3) is 0 Å². The van der Waals surface area contributed by atoms with Crippen LogP contribution in [-0.4, -0.2) is 20.8 Å². The van der Waals surface area contributed by atoms with Crippen LogP contribution < -0.4 is 14.8 Å². The lowest BCUT2D eigenvalue weighted by molar-refractivity contribution is 0.377. The van der Waals surface area contributed by atoms with E-state index < -0.39 is 0 Å². The quantitative estimate of drug-likeness (QED) is 0.878. The number of thiophene rings is 1. The number of hydrogen-bond donors (Lipinski definition) is 1. The molecule has 0 bridgehead atoms. The van der Waals surface area contributed by atoms with Gasteiger partial charge in [0.15, 0.2) is 0 Å². The number of nitrogens with one attached hydrogen (secondary N) is 1. The van der Waals surface area contributed by atoms with Crippen LogP contribution in [-0.2, 0) is 0 Å². The minimum absolute atomic E-state index is 0.0809. The molecule has 1 unspecified atom stereocenters. The van der Waals surface area contributed by atoms with Crippen LogP contribution in [0.4, 0.5) is 0 Å². The van der Waals surface area contributed by atoms with Gasteiger partial charge in [0, 0.05) is 0 Å². The van der Waals surface area contributed by atoms with E-state index in [9.17, 15) is 0 Å². The molecular formula is C16H21NO2S. The first-order valence-corrected chi connectivity index (χ1v) is 7.64. The molecule has 0 spiro atoms. The summed E-state index contributed by atoms with van der Waals surface area (Å²) >= 11 is 1.72. The molecule has 0 aliphatic rings. The Hall–Kier alpha value is -1.52. The Labute approximate surface area is 124 Å². The van der Waals surface area contributed by atoms with Crippen LogP contribution in [0.1, 0.15) is 29.7 Å². The van der Waals surface area contributed by atoms with Crippen molar-refractivity contribution in [2.45, 2.75) is 19.9 Å². The van der Waals surface area contributed by atoms with E-state index in [1.807, 2.05) is 18.2 Å². The zero-order valence-electron chi connectivity index (χ0n) is 12.4. The first kappa shape index (κ1) is 14.9. The van der Waals surface area contributed by atoms with E-state index in [2.05, 4.69) is 29.9 Å². The van der Waals surface area contributed by atoms with Gasteiger partial charge in [0.05, 0.1) is 25.8 Å². The van der Waals surface area contributed by atoms with E-state index in [0.29, 0.717) is 0 Å². The number of hydrogen-bond acceptors (Lipinski definition) is 4. The number of rotatable bonds is 6. The highest BCUT2D eigenvalue weighted by molar-refractivity contribution is 7.08. The number of methoxy groups -OCH3 is 2. The molecule has 0 radical (unpaired) electrons. The van der Waals surface area contributed by atoms with Gasteiger partial charge >= 0.3 is 0 Å². The molecule has 0 saturated heterocycles. The first-order valence-electron chi connectivity index (χ1n) is 6.69. The predicted octanol–water partition coefficient (Wildman–Crippen LogP) is 3.77. The number of ether oxygens (including phenoxy) is 2. The van der Waals surface area contributed by atoms with Crippen molar-refractivity contribution in [3.63, 3.8) is 0 Å². The molecule has 0 saturated carbocycles. The highest BCUT2D eigenvalue weighted by Crippen LogP contribution is 2.39. The highest BCUT2D eigenvalue weighted by atomic mass is 32.1. The van der Waals surface area contributed by atoms with Crippen LogP contribution >= 0.6 is 11.3 Å². The second-order valence-corrected chi connectivity index (χ2v) is 5.32. The molecule has 0 fully saturated rings. The van der Waals surface area contributed by atoms with Crippen molar-refractivity contribution in [3.05, 3.63) is 45.6 Å². The number of benzene rings is 1. The van der Waals surface area contributed by atoms with Crippen molar-refractivity contribution in [2.75, 3.05) is 20.8 Å². The molecule has 1 aromatic carbocycles. The lowest BCUT2D eigenvalue weighted by Crippen LogP contribution is -2.23. The van der Waals surface area contributed by atoms with Crippen LogP contribution in [0.25, 0.3) is 0 Å². The molecule has 1 N–H and O–H groups in total. The van der Waals surface area contributed by atoms with Gasteiger partial charge in [-0.15, -0.1) is 0 Å². The third-order valence-corrected chi connectivity index (χ3v) is 4.25. The monoisotopic (exact) mass is 291 g/mol. The van der Waals surface area contributed by atoms with Crippen molar-refractivity contribution in [3.8, 4) is 11.5 Å². The topological polar surface area (TPSA) is 30.5 Å². The Kier molecular flexibility index (Phi) is 5.04. The SMILES string of the molecule is CCNC(c1cscc1C)c1c(OC)cccc1OC. The summed E-state index contributed by atoms with van der Waals surface area (Å²) in [5.41, 5.74) is 3.62. The van der Waals surface area contributed by atoms with Crippen LogP contribution in [0, 0.1) is 6.92 Å². The molecule has 0 aliphatic carbocycles. The fourth-order valence-electron chi connectivity index (χ4n) is 2.40. The summed E-state index contributed by atoms with van der Waals surface area (Å²) in [7, 11) is 3.39. The zero-order valence-corrected chi connectivity index (χ0v) is 13.2. The maximum Gasteiger partial charge on any atom is 0.127 e. The van der Waals surface area contributed by atoms with Gasteiger partial charge in [0.2, 0.25) is 0 Å². The van der Waals surface area contributed by atoms with E-state index in [1.165, 1.54) is 11.1 Å². The van der Waals surface area contributed by atoms with Gasteiger partial charge in [-0.05, 0) is 47.5 Å². The highest BCUT2D eigenvalue weighted by Gasteiger charge is 2.23. The number of aryl methyl sites for hydroxylation is 1. The third kappa shape index (κ3) is 2.81. The Balaban J connectivity index is 2.57. The molecular weight excluding hydrogens is 270 g/mol. The van der Waals surface area contributed by atoms with Crippen molar-refractivity contribution >= 4 is 11.3 Å². The summed E-state index contributed by atoms with van der Waals surface area (Å²) in [5, 5.41) is 7.90. The Bertz CT molecular complexity index is 543. The van der Waals surface area contributed by atoms with Crippen molar-refractivity contribution in [1.82, 2.24) is 5.32 Å². The summed E-state index contributed by atoms with van der Waals surface area (Å²) in [4.78, 5) is 0. The van der Waals surface area contributed by atoms with E-state index in [4.69, 9.17) is 9.47 Å². The third-order valence-electron chi connectivity index (χ3n) is 3.37. The summed E-state index contributed by atoms with van der Waals surface area (Å²) in [5.74, 6) is 1.70. The van der Waals surface area contributed by atoms with Gasteiger partial charge in [-0.3, -0.25) is 0 Å². The lowest BCUT2D eigenvalue weighted by Gasteiger charge is -2.23. The standard InChI is InChI=1S/C16H21NO2S/c1-5-17-16(12-10-20-9-11(12)2)15-13(18-3)7-6-8-14(15)19-4/h6-10,16-17H,5H2,1-4H3. The van der Waals surface area contributed by atoms with Gasteiger partial charge in [0.1, 0.15) is 11.5 Å². The second-order valence-electron chi connectivity index (χ2n) is 4.58. The molecule has 3 nitrogen and oxygen atoms in total. The predicted molar refractivity (Wildman–Crippen MR) is 84.1 cm³/mol. The molecule has 0 aliphatic heterocycles. The molecule has 108 valence electrons. The molecule has 2 rings (SSSR count). The zero-order chi connectivity index (χ0) is 14.5. The van der Waals surface area contributed by atoms with Crippen LogP contribution in [0.2, 0.25) is 0 Å². The van der Waals surface area contributed by atoms with Crippen molar-refractivity contribution in [2.24, 2.45) is 0 Å². The lowest BCUT2D eigenvalue weighted by atomic mass is 9.96. The molecule has 1 heterocycles. The second kappa shape index (κ2) is 6.77. The van der Waals surface area contributed by atoms with Crippen molar-refractivity contribution < 1.29 is 9.47 Å². The van der Waals surface area contributed by atoms with Crippen LogP contribution in [0.5, 0.6) is 11.5 Å². The average Bonchev–Trinajstić information content (AvgIpc) is 2.90. The Morgan fingerprint density at radius 3 is 2.25 bits per heavy atom. The molecule has 4 heteroatoms. The fourth-order valence-corrected chi connectivity index (χ4v) is 3.28. The maximum atomic E-state index is 5.54. The van der Waals surface area contributed by atoms with Gasteiger partial charge in [-0.2, -0.15) is 11.3 Å². The fraction of sp³-hybridized carbons (Fsp3) is 0.375. The molecule has 1 atom stereocenters. The normalized spacial score (nSPS) is 12.2. The first-order chi connectivity index (χ1) is 9.72. The molecule has 0 amide bonds. The average molecular weight is 291 g/mol. The minimum atomic E-state index is 0.0809. The largest absolute Gasteiger partial charge is 0.496 e. The molecule has 20 heavy (non-hydrogen) atoms. The Morgan fingerprint density at radius 1 is 1.15 bits per heavy atom. The van der Waals surface area contributed by atoms with E-state index >= 15 is 0 Å². The van der Waals surface area contributed by atoms with E-state index in [1.54, 1.807) is 25.6 Å². The van der Waals surface area contributed by atoms with Crippen LogP contribution in [0.15, 0.2) is 29.0 Å². The summed E-state index contributed by atoms with van der Waals surface area (Å²) in [6, 6.07) is 5.98. The maximum absolute atomic E-state index is 5.54. The van der Waals surface area contributed by atoms with Crippen LogP contribution in [0.3, 0.4) is 0 Å². The van der Waals surface area contributed by atoms with Gasteiger partial charge < -0.3 is 14.8 Å². The summed E-state index contributed by atoms with van der Waals surface area (Å²) in [6.45, 7) is 5.12. The van der Waals surface area contributed by atoms with E-state index in [0.717, 1.165) is 23.6 Å². The van der Waals surface area contributed by atoms with Gasteiger partial charge in [-0.1, -0.05) is 13.0 Å². The minimum Gasteiger partial charge on any atom is -0.496 e. The van der Waals surface area contributed by atoms with Gasteiger partial charge in [-0.25, -0.2) is 0 Å². The summed E-state index contributed by atoms with van der Waals surface area (Å²) in [6.07, 6.45) is 0. The Morgan fingerprint density at radius 2 is 1.80 bits per heavy atom.